The molecule has 0 bridgehead atoms. The lowest BCUT2D eigenvalue weighted by molar-refractivity contribution is -0.148. The lowest BCUT2D eigenvalue weighted by Gasteiger charge is -2.50. The number of phenols is 1. The fraction of sp³-hybridized carbons (Fsp3) is 0.440. The second-order valence-electron chi connectivity index (χ2n) is 10.2. The van der Waals surface area contributed by atoms with Gasteiger partial charge in [0.15, 0.2) is 17.1 Å². The Morgan fingerprint density at radius 3 is 2.27 bits per heavy atom. The summed E-state index contributed by atoms with van der Waals surface area (Å²) in [6.07, 6.45) is 0.142. The Morgan fingerprint density at radius 1 is 1.14 bits per heavy atom. The van der Waals surface area contributed by atoms with E-state index in [1.807, 2.05) is 0 Å². The molecule has 0 radical (unpaired) electrons. The lowest BCUT2D eigenvalue weighted by Crippen LogP contribution is -2.63. The van der Waals surface area contributed by atoms with Gasteiger partial charge in [-0.1, -0.05) is 0 Å². The number of benzene rings is 1. The smallest absolute Gasteiger partial charge is 0.255 e. The molecular formula is C25H30N4O8. The SMILES string of the molecule is CC(=O)Nc1cc(N(C)C)c2c(c1O)C(=O)C1=C(O)[C@@]3(O)C(=O)C(C(N)=O)=C(O)[C@H](N(C)C)[C@H]3C[C@H]1C2. The molecule has 12 heteroatoms. The zero-order chi connectivity index (χ0) is 27.7. The van der Waals surface area contributed by atoms with Gasteiger partial charge in [0, 0.05) is 38.2 Å². The molecule has 0 saturated heterocycles. The highest BCUT2D eigenvalue weighted by atomic mass is 16.3. The molecule has 1 aromatic carbocycles. The van der Waals surface area contributed by atoms with Crippen LogP contribution in [0.5, 0.6) is 5.75 Å². The van der Waals surface area contributed by atoms with Crippen molar-refractivity contribution in [3.63, 3.8) is 0 Å². The minimum atomic E-state index is -2.71. The second kappa shape index (κ2) is 8.60. The third-order valence-electron chi connectivity index (χ3n) is 7.49. The fourth-order valence-electron chi connectivity index (χ4n) is 5.98. The minimum absolute atomic E-state index is 0.00710. The Labute approximate surface area is 212 Å². The van der Waals surface area contributed by atoms with Crippen LogP contribution in [0.2, 0.25) is 0 Å². The number of amides is 2. The maximum atomic E-state index is 13.8. The number of phenolic OH excluding ortho intramolecular Hbond substituents is 1. The zero-order valence-corrected chi connectivity index (χ0v) is 21.1. The van der Waals surface area contributed by atoms with E-state index in [0.29, 0.717) is 11.3 Å². The van der Waals surface area contributed by atoms with Crippen LogP contribution in [0.3, 0.4) is 0 Å². The number of nitrogens with zero attached hydrogens (tertiary/aromatic N) is 2. The van der Waals surface area contributed by atoms with E-state index in [0.717, 1.165) is 0 Å². The molecule has 0 aromatic heterocycles. The molecule has 12 nitrogen and oxygen atoms in total. The molecule has 4 atom stereocenters. The van der Waals surface area contributed by atoms with E-state index in [1.165, 1.54) is 17.9 Å². The first-order chi connectivity index (χ1) is 17.1. The minimum Gasteiger partial charge on any atom is -0.510 e. The van der Waals surface area contributed by atoms with E-state index in [-0.39, 0.29) is 29.7 Å². The topological polar surface area (TPSA) is 194 Å². The van der Waals surface area contributed by atoms with Gasteiger partial charge < -0.3 is 36.4 Å². The third-order valence-corrected chi connectivity index (χ3v) is 7.49. The van der Waals surface area contributed by atoms with Gasteiger partial charge in [-0.25, -0.2) is 0 Å². The van der Waals surface area contributed by atoms with Gasteiger partial charge in [-0.2, -0.15) is 0 Å². The Hall–Kier alpha value is -3.90. The van der Waals surface area contributed by atoms with Crippen molar-refractivity contribution in [1.82, 2.24) is 4.90 Å². The molecular weight excluding hydrogens is 484 g/mol. The Kier molecular flexibility index (Phi) is 6.08. The number of likely N-dealkylation sites (N-methyl/N-ethyl adjacent to an activating group) is 1. The largest absolute Gasteiger partial charge is 0.510 e. The van der Waals surface area contributed by atoms with Crippen LogP contribution in [0.4, 0.5) is 11.4 Å². The van der Waals surface area contributed by atoms with Crippen LogP contribution in [-0.4, -0.2) is 88.5 Å². The number of aromatic hydroxyl groups is 1. The molecule has 3 aliphatic rings. The summed E-state index contributed by atoms with van der Waals surface area (Å²) < 4.78 is 0. The van der Waals surface area contributed by atoms with Crippen LogP contribution in [0, 0.1) is 11.8 Å². The number of aliphatic hydroxyl groups is 3. The molecule has 4 rings (SSSR count). The molecule has 0 saturated carbocycles. The maximum absolute atomic E-state index is 13.8. The van der Waals surface area contributed by atoms with Crippen LogP contribution in [0.1, 0.15) is 29.3 Å². The number of anilines is 2. The number of fused-ring (bicyclic) bond motifs is 3. The quantitative estimate of drug-likeness (QED) is 0.238. The van der Waals surface area contributed by atoms with Gasteiger partial charge in [-0.3, -0.25) is 24.1 Å². The molecule has 0 spiro atoms. The number of aliphatic hydroxyl groups excluding tert-OH is 2. The van der Waals surface area contributed by atoms with Crippen molar-refractivity contribution in [3.05, 3.63) is 39.9 Å². The Bertz CT molecular complexity index is 1330. The standard InChI is InChI=1S/C25H30N4O8/c1-9(30)27-13-8-14(28(2)3)11-6-10-7-12-18(29(4)5)21(33)17(24(26)36)23(35)25(12,37)22(34)15(10)20(32)16(11)19(13)31/h8,10,12,18,31,33-34,37H,6-7H2,1-5H3,(H2,26,36)(H,27,30)/t10-,12-,18-,25-/m1/s1. The van der Waals surface area contributed by atoms with Gasteiger partial charge >= 0.3 is 0 Å². The zero-order valence-electron chi connectivity index (χ0n) is 21.1. The molecule has 7 N–H and O–H groups in total. The number of nitrogens with one attached hydrogen (secondary N) is 1. The first-order valence-electron chi connectivity index (χ1n) is 11.6. The van der Waals surface area contributed by atoms with Crippen molar-refractivity contribution in [1.29, 1.82) is 0 Å². The number of primary amides is 1. The number of allylic oxidation sites excluding steroid dienone is 1. The number of ketones is 2. The molecule has 0 heterocycles. The first kappa shape index (κ1) is 26.2. The molecule has 37 heavy (non-hydrogen) atoms. The molecule has 1 aromatic rings. The second-order valence-corrected chi connectivity index (χ2v) is 10.2. The van der Waals surface area contributed by atoms with E-state index < -0.39 is 69.7 Å². The van der Waals surface area contributed by atoms with Gasteiger partial charge in [0.1, 0.15) is 17.1 Å². The summed E-state index contributed by atoms with van der Waals surface area (Å²) in [6, 6.07) is 0.478. The molecule has 2 amide bonds. The lowest BCUT2D eigenvalue weighted by atomic mass is 9.58. The Morgan fingerprint density at radius 2 is 1.76 bits per heavy atom. The number of Topliss-reactive ketones (excluding diaryl/α,β-unsaturated/α-hetero) is 2. The van der Waals surface area contributed by atoms with Crippen LogP contribution >= 0.6 is 0 Å². The number of rotatable bonds is 4. The monoisotopic (exact) mass is 514 g/mol. The molecule has 0 aliphatic heterocycles. The van der Waals surface area contributed by atoms with E-state index in [2.05, 4.69) is 5.32 Å². The first-order valence-corrected chi connectivity index (χ1v) is 11.6. The normalized spacial score (nSPS) is 27.1. The van der Waals surface area contributed by atoms with Gasteiger partial charge in [-0.15, -0.1) is 0 Å². The Balaban J connectivity index is 1.99. The number of hydrogen-bond donors (Lipinski definition) is 6. The van der Waals surface area contributed by atoms with Crippen LogP contribution in [0.25, 0.3) is 0 Å². The fourth-order valence-corrected chi connectivity index (χ4v) is 5.98. The van der Waals surface area contributed by atoms with E-state index in [4.69, 9.17) is 5.73 Å². The number of carbonyl (C=O) groups excluding carboxylic acids is 4. The summed E-state index contributed by atoms with van der Waals surface area (Å²) >= 11 is 0. The van der Waals surface area contributed by atoms with Gasteiger partial charge in [0.25, 0.3) is 5.91 Å². The highest BCUT2D eigenvalue weighted by Gasteiger charge is 2.63. The third kappa shape index (κ3) is 3.58. The maximum Gasteiger partial charge on any atom is 0.255 e. The van der Waals surface area contributed by atoms with Crippen molar-refractivity contribution in [3.8, 4) is 5.75 Å². The average molecular weight is 515 g/mol. The summed E-state index contributed by atoms with van der Waals surface area (Å²) in [5.41, 5.74) is 2.33. The van der Waals surface area contributed by atoms with Crippen molar-refractivity contribution in [2.45, 2.75) is 31.4 Å². The van der Waals surface area contributed by atoms with Crippen LogP contribution in [0.15, 0.2) is 28.7 Å². The highest BCUT2D eigenvalue weighted by Crippen LogP contribution is 2.53. The summed E-state index contributed by atoms with van der Waals surface area (Å²) in [5, 5.41) is 47.2. The summed E-state index contributed by atoms with van der Waals surface area (Å²) in [7, 11) is 6.60. The van der Waals surface area contributed by atoms with Gasteiger partial charge in [0.2, 0.25) is 11.7 Å². The van der Waals surface area contributed by atoms with Crippen molar-refractivity contribution < 1.29 is 39.6 Å². The van der Waals surface area contributed by atoms with Gasteiger partial charge in [-0.05, 0) is 44.5 Å². The van der Waals surface area contributed by atoms with E-state index in [9.17, 15) is 39.6 Å². The average Bonchev–Trinajstić information content (AvgIpc) is 2.77. The molecule has 198 valence electrons. The number of carbonyl (C=O) groups is 4. The predicted molar refractivity (Wildman–Crippen MR) is 132 cm³/mol. The van der Waals surface area contributed by atoms with Crippen molar-refractivity contribution in [2.24, 2.45) is 17.6 Å². The summed E-state index contributed by atoms with van der Waals surface area (Å²) in [6.45, 7) is 1.24. The highest BCUT2D eigenvalue weighted by molar-refractivity contribution is 6.25. The van der Waals surface area contributed by atoms with Crippen molar-refractivity contribution >= 4 is 34.8 Å². The van der Waals surface area contributed by atoms with Gasteiger partial charge in [0.05, 0.1) is 17.3 Å². The summed E-state index contributed by atoms with van der Waals surface area (Å²) in [5.74, 6) is -7.74. The molecule has 0 fully saturated rings. The van der Waals surface area contributed by atoms with Crippen LogP contribution in [-0.2, 0) is 20.8 Å². The van der Waals surface area contributed by atoms with E-state index >= 15 is 0 Å². The van der Waals surface area contributed by atoms with E-state index in [1.54, 1.807) is 33.1 Å². The molecule has 0 unspecified atom stereocenters. The number of hydrogen-bond acceptors (Lipinski definition) is 10. The van der Waals surface area contributed by atoms with Crippen LogP contribution < -0.4 is 16.0 Å². The predicted octanol–water partition coefficient (Wildman–Crippen LogP) is 0.145. The number of nitrogens with two attached hydrogens (primary N) is 1. The van der Waals surface area contributed by atoms with Crippen molar-refractivity contribution in [2.75, 3.05) is 38.4 Å². The summed E-state index contributed by atoms with van der Waals surface area (Å²) in [4.78, 5) is 54.1. The molecule has 3 aliphatic carbocycles.